The lowest BCUT2D eigenvalue weighted by atomic mass is 10.1. The van der Waals surface area contributed by atoms with Crippen LogP contribution in [-0.4, -0.2) is 58.8 Å². The molecule has 0 aromatic carbocycles. The number of amides is 2. The summed E-state index contributed by atoms with van der Waals surface area (Å²) < 4.78 is 12.9. The van der Waals surface area contributed by atoms with Crippen molar-refractivity contribution in [3.63, 3.8) is 0 Å². The standard InChI is InChI=1S/C17H23FN4O2/c1-2-21-7-3-4-14(21)11-22-10-12(8-16(22)23)17(24)20-15-6-5-13(18)9-19-15/h5-6,9,12,14H,2-4,7-8,10-11H2,1H3,(H,19,20,24). The Morgan fingerprint density at radius 3 is 3.00 bits per heavy atom. The number of likely N-dealkylation sites (tertiary alicyclic amines) is 2. The minimum absolute atomic E-state index is 0.0326. The molecule has 3 rings (SSSR count). The van der Waals surface area contributed by atoms with Gasteiger partial charge in [-0.05, 0) is 38.1 Å². The fourth-order valence-electron chi connectivity index (χ4n) is 3.57. The molecule has 2 atom stereocenters. The van der Waals surface area contributed by atoms with Crippen LogP contribution >= 0.6 is 0 Å². The van der Waals surface area contributed by atoms with E-state index in [1.165, 1.54) is 18.6 Å². The topological polar surface area (TPSA) is 65.5 Å². The Kier molecular flexibility index (Phi) is 5.08. The van der Waals surface area contributed by atoms with Gasteiger partial charge in [0.1, 0.15) is 11.6 Å². The number of nitrogens with zero attached hydrogens (tertiary/aromatic N) is 3. The third kappa shape index (κ3) is 3.72. The van der Waals surface area contributed by atoms with Gasteiger partial charge in [0.2, 0.25) is 11.8 Å². The van der Waals surface area contributed by atoms with E-state index in [2.05, 4.69) is 22.1 Å². The van der Waals surface area contributed by atoms with Crippen LogP contribution in [0.5, 0.6) is 0 Å². The highest BCUT2D eigenvalue weighted by atomic mass is 19.1. The van der Waals surface area contributed by atoms with Crippen molar-refractivity contribution in [3.8, 4) is 0 Å². The lowest BCUT2D eigenvalue weighted by Gasteiger charge is -2.27. The lowest BCUT2D eigenvalue weighted by molar-refractivity contribution is -0.128. The average Bonchev–Trinajstić information content (AvgIpc) is 3.17. The largest absolute Gasteiger partial charge is 0.340 e. The Morgan fingerprint density at radius 2 is 2.29 bits per heavy atom. The van der Waals surface area contributed by atoms with Crippen LogP contribution in [0.15, 0.2) is 18.3 Å². The average molecular weight is 334 g/mol. The third-order valence-corrected chi connectivity index (χ3v) is 4.90. The minimum Gasteiger partial charge on any atom is -0.340 e. The SMILES string of the molecule is CCN1CCCC1CN1CC(C(=O)Nc2ccc(F)cn2)CC1=O. The number of pyridine rings is 1. The molecule has 0 aliphatic carbocycles. The normalized spacial score (nSPS) is 24.6. The van der Waals surface area contributed by atoms with Gasteiger partial charge in [-0.3, -0.25) is 14.5 Å². The number of hydrogen-bond acceptors (Lipinski definition) is 4. The van der Waals surface area contributed by atoms with E-state index < -0.39 is 5.82 Å². The van der Waals surface area contributed by atoms with Crippen molar-refractivity contribution in [2.75, 3.05) is 31.5 Å². The molecule has 130 valence electrons. The predicted molar refractivity (Wildman–Crippen MR) is 87.8 cm³/mol. The van der Waals surface area contributed by atoms with Crippen LogP contribution in [0.1, 0.15) is 26.2 Å². The van der Waals surface area contributed by atoms with E-state index in [4.69, 9.17) is 0 Å². The summed E-state index contributed by atoms with van der Waals surface area (Å²) >= 11 is 0. The first-order valence-electron chi connectivity index (χ1n) is 8.51. The molecule has 0 bridgehead atoms. The molecular weight excluding hydrogens is 311 g/mol. The molecule has 3 heterocycles. The smallest absolute Gasteiger partial charge is 0.230 e. The van der Waals surface area contributed by atoms with E-state index in [1.807, 2.05) is 0 Å². The van der Waals surface area contributed by atoms with Crippen LogP contribution in [0.2, 0.25) is 0 Å². The van der Waals surface area contributed by atoms with E-state index >= 15 is 0 Å². The summed E-state index contributed by atoms with van der Waals surface area (Å²) in [5, 5.41) is 2.66. The molecule has 2 aliphatic rings. The van der Waals surface area contributed by atoms with Crippen molar-refractivity contribution < 1.29 is 14.0 Å². The number of likely N-dealkylation sites (N-methyl/N-ethyl adjacent to an activating group) is 1. The van der Waals surface area contributed by atoms with E-state index in [1.54, 1.807) is 4.90 Å². The molecule has 0 saturated carbocycles. The van der Waals surface area contributed by atoms with Gasteiger partial charge in [0, 0.05) is 25.6 Å². The minimum atomic E-state index is -0.452. The van der Waals surface area contributed by atoms with Gasteiger partial charge < -0.3 is 10.2 Å². The summed E-state index contributed by atoms with van der Waals surface area (Å²) in [6, 6.07) is 3.06. The molecule has 0 spiro atoms. The number of carbonyl (C=O) groups excluding carboxylic acids is 2. The summed E-state index contributed by atoms with van der Waals surface area (Å²) in [7, 11) is 0. The van der Waals surface area contributed by atoms with E-state index in [0.717, 1.165) is 25.7 Å². The first-order chi connectivity index (χ1) is 11.6. The fourth-order valence-corrected chi connectivity index (χ4v) is 3.57. The van der Waals surface area contributed by atoms with Crippen molar-refractivity contribution in [3.05, 3.63) is 24.1 Å². The van der Waals surface area contributed by atoms with Crippen LogP contribution in [0.3, 0.4) is 0 Å². The van der Waals surface area contributed by atoms with Gasteiger partial charge in [0.05, 0.1) is 12.1 Å². The second-order valence-electron chi connectivity index (χ2n) is 6.48. The van der Waals surface area contributed by atoms with Crippen molar-refractivity contribution >= 4 is 17.6 Å². The number of hydrogen-bond donors (Lipinski definition) is 1. The Labute approximate surface area is 141 Å². The molecule has 7 heteroatoms. The Morgan fingerprint density at radius 1 is 1.46 bits per heavy atom. The first-order valence-corrected chi connectivity index (χ1v) is 8.51. The molecule has 2 fully saturated rings. The van der Waals surface area contributed by atoms with E-state index in [-0.39, 0.29) is 24.2 Å². The Hall–Kier alpha value is -2.02. The van der Waals surface area contributed by atoms with Crippen LogP contribution in [0.25, 0.3) is 0 Å². The summed E-state index contributed by atoms with van der Waals surface area (Å²) in [4.78, 5) is 32.6. The molecule has 0 radical (unpaired) electrons. The van der Waals surface area contributed by atoms with Gasteiger partial charge in [0.15, 0.2) is 0 Å². The molecule has 2 unspecified atom stereocenters. The number of halogens is 1. The number of aromatic nitrogens is 1. The zero-order valence-corrected chi connectivity index (χ0v) is 13.9. The van der Waals surface area contributed by atoms with E-state index in [0.29, 0.717) is 24.9 Å². The van der Waals surface area contributed by atoms with Crippen molar-refractivity contribution in [2.45, 2.75) is 32.2 Å². The predicted octanol–water partition coefficient (Wildman–Crippen LogP) is 1.49. The molecule has 2 amide bonds. The van der Waals surface area contributed by atoms with Crippen molar-refractivity contribution in [2.24, 2.45) is 5.92 Å². The quantitative estimate of drug-likeness (QED) is 0.886. The fraction of sp³-hybridized carbons (Fsp3) is 0.588. The van der Waals surface area contributed by atoms with Crippen molar-refractivity contribution in [1.29, 1.82) is 0 Å². The maximum atomic E-state index is 12.9. The monoisotopic (exact) mass is 334 g/mol. The molecule has 1 aromatic rings. The van der Waals surface area contributed by atoms with Gasteiger partial charge in [-0.25, -0.2) is 9.37 Å². The number of rotatable bonds is 5. The van der Waals surface area contributed by atoms with Crippen molar-refractivity contribution in [1.82, 2.24) is 14.8 Å². The van der Waals surface area contributed by atoms with Gasteiger partial charge in [-0.2, -0.15) is 0 Å². The molecule has 2 aliphatic heterocycles. The van der Waals surface area contributed by atoms with Crippen LogP contribution in [0.4, 0.5) is 10.2 Å². The van der Waals surface area contributed by atoms with Crippen LogP contribution in [-0.2, 0) is 9.59 Å². The summed E-state index contributed by atoms with van der Waals surface area (Å²) in [6.07, 6.45) is 3.56. The highest BCUT2D eigenvalue weighted by molar-refractivity contribution is 5.96. The third-order valence-electron chi connectivity index (χ3n) is 4.90. The van der Waals surface area contributed by atoms with Gasteiger partial charge >= 0.3 is 0 Å². The number of nitrogens with one attached hydrogen (secondary N) is 1. The molecular formula is C17H23FN4O2. The lowest BCUT2D eigenvalue weighted by Crippen LogP contribution is -2.41. The highest BCUT2D eigenvalue weighted by Crippen LogP contribution is 2.24. The highest BCUT2D eigenvalue weighted by Gasteiger charge is 2.36. The molecule has 1 aromatic heterocycles. The molecule has 24 heavy (non-hydrogen) atoms. The van der Waals surface area contributed by atoms with Crippen LogP contribution in [0, 0.1) is 11.7 Å². The zero-order valence-electron chi connectivity index (χ0n) is 13.9. The first kappa shape index (κ1) is 16.8. The number of carbonyl (C=O) groups is 2. The van der Waals surface area contributed by atoms with Gasteiger partial charge in [-0.1, -0.05) is 6.92 Å². The van der Waals surface area contributed by atoms with Crippen LogP contribution < -0.4 is 5.32 Å². The molecule has 2 saturated heterocycles. The second kappa shape index (κ2) is 7.25. The maximum Gasteiger partial charge on any atom is 0.230 e. The second-order valence-corrected chi connectivity index (χ2v) is 6.48. The van der Waals surface area contributed by atoms with E-state index in [9.17, 15) is 14.0 Å². The molecule has 1 N–H and O–H groups in total. The van der Waals surface area contributed by atoms with Gasteiger partial charge in [0.25, 0.3) is 0 Å². The number of anilines is 1. The zero-order chi connectivity index (χ0) is 17.1. The summed E-state index contributed by atoms with van der Waals surface area (Å²) in [5.74, 6) is -0.720. The maximum absolute atomic E-state index is 12.9. The Bertz CT molecular complexity index is 607. The Balaban J connectivity index is 1.55. The molecule has 6 nitrogen and oxygen atoms in total. The summed E-state index contributed by atoms with van der Waals surface area (Å²) in [6.45, 7) is 5.36. The van der Waals surface area contributed by atoms with Gasteiger partial charge in [-0.15, -0.1) is 0 Å². The summed E-state index contributed by atoms with van der Waals surface area (Å²) in [5.41, 5.74) is 0.